The number of ether oxygens (including phenoxy) is 1. The molecule has 176 valence electrons. The fourth-order valence-electron chi connectivity index (χ4n) is 3.65. The summed E-state index contributed by atoms with van der Waals surface area (Å²) in [7, 11) is 0. The molecule has 1 atom stereocenters. The first-order chi connectivity index (χ1) is 14.6. The molecular formula is C26H48O4. The lowest BCUT2D eigenvalue weighted by molar-refractivity contribution is -0.153. The first-order valence-electron chi connectivity index (χ1n) is 12.6. The molecule has 0 spiro atoms. The van der Waals surface area contributed by atoms with Crippen molar-refractivity contribution in [3.05, 3.63) is 12.2 Å². The first-order valence-corrected chi connectivity index (χ1v) is 12.6. The zero-order valence-electron chi connectivity index (χ0n) is 19.8. The number of rotatable bonds is 22. The van der Waals surface area contributed by atoms with Crippen LogP contribution in [-0.2, 0) is 14.3 Å². The minimum atomic E-state index is -0.924. The maximum absolute atomic E-state index is 11.9. The van der Waals surface area contributed by atoms with Crippen LogP contribution in [0.25, 0.3) is 0 Å². The number of carbonyl (C=O) groups excluding carboxylic acids is 1. The van der Waals surface area contributed by atoms with Gasteiger partial charge in [0.15, 0.2) is 0 Å². The predicted molar refractivity (Wildman–Crippen MR) is 126 cm³/mol. The van der Waals surface area contributed by atoms with E-state index in [0.29, 0.717) is 13.0 Å². The second-order valence-electron chi connectivity index (χ2n) is 8.54. The van der Waals surface area contributed by atoms with Crippen LogP contribution in [0, 0.1) is 5.92 Å². The quantitative estimate of drug-likeness (QED) is 0.109. The third kappa shape index (κ3) is 20.0. The van der Waals surface area contributed by atoms with Gasteiger partial charge < -0.3 is 9.84 Å². The van der Waals surface area contributed by atoms with Crippen LogP contribution >= 0.6 is 0 Å². The van der Waals surface area contributed by atoms with Gasteiger partial charge in [0.2, 0.25) is 0 Å². The second kappa shape index (κ2) is 22.4. The number of unbranched alkanes of at least 4 members (excludes halogenated alkanes) is 13. The molecule has 0 aromatic heterocycles. The number of carboxylic acid groups (broad SMARTS) is 1. The Balaban J connectivity index is 3.55. The van der Waals surface area contributed by atoms with Gasteiger partial charge in [0.25, 0.3) is 0 Å². The molecule has 0 radical (unpaired) electrons. The molecule has 0 rings (SSSR count). The number of hydrogen-bond acceptors (Lipinski definition) is 3. The average molecular weight is 425 g/mol. The molecule has 0 aliphatic carbocycles. The summed E-state index contributed by atoms with van der Waals surface area (Å²) in [6.07, 6.45) is 24.8. The molecular weight excluding hydrogens is 376 g/mol. The van der Waals surface area contributed by atoms with Crippen LogP contribution < -0.4 is 0 Å². The van der Waals surface area contributed by atoms with E-state index in [1.807, 2.05) is 6.92 Å². The Labute approximate surface area is 185 Å². The maximum atomic E-state index is 11.9. The highest BCUT2D eigenvalue weighted by molar-refractivity contribution is 5.79. The van der Waals surface area contributed by atoms with E-state index >= 15 is 0 Å². The molecule has 4 nitrogen and oxygen atoms in total. The van der Waals surface area contributed by atoms with Crippen molar-refractivity contribution in [2.75, 3.05) is 6.61 Å². The Kier molecular flexibility index (Phi) is 21.4. The third-order valence-electron chi connectivity index (χ3n) is 5.52. The number of allylic oxidation sites excluding steroid dienone is 2. The van der Waals surface area contributed by atoms with Crippen molar-refractivity contribution < 1.29 is 19.4 Å². The highest BCUT2D eigenvalue weighted by atomic mass is 16.5. The lowest BCUT2D eigenvalue weighted by Gasteiger charge is -2.13. The first kappa shape index (κ1) is 28.7. The summed E-state index contributed by atoms with van der Waals surface area (Å²) >= 11 is 0. The van der Waals surface area contributed by atoms with Crippen molar-refractivity contribution in [2.24, 2.45) is 5.92 Å². The fourth-order valence-corrected chi connectivity index (χ4v) is 3.65. The van der Waals surface area contributed by atoms with Gasteiger partial charge in [-0.2, -0.15) is 0 Å². The van der Waals surface area contributed by atoms with Gasteiger partial charge in [-0.15, -0.1) is 0 Å². The van der Waals surface area contributed by atoms with Crippen LogP contribution in [0.5, 0.6) is 0 Å². The Morgan fingerprint density at radius 1 is 0.733 bits per heavy atom. The van der Waals surface area contributed by atoms with Gasteiger partial charge >= 0.3 is 11.9 Å². The third-order valence-corrected chi connectivity index (χ3v) is 5.52. The molecule has 0 amide bonds. The molecule has 0 aliphatic rings. The molecule has 0 aromatic rings. The molecule has 0 aromatic carbocycles. The van der Waals surface area contributed by atoms with Crippen molar-refractivity contribution in [1.29, 1.82) is 0 Å². The molecule has 0 aliphatic heterocycles. The summed E-state index contributed by atoms with van der Waals surface area (Å²) in [5.74, 6) is -1.76. The maximum Gasteiger partial charge on any atom is 0.309 e. The smallest absolute Gasteiger partial charge is 0.309 e. The predicted octanol–water partition coefficient (Wildman–Crippen LogP) is 7.85. The van der Waals surface area contributed by atoms with E-state index in [-0.39, 0.29) is 12.4 Å². The van der Waals surface area contributed by atoms with Crippen LogP contribution in [0.1, 0.15) is 129 Å². The van der Waals surface area contributed by atoms with Crippen LogP contribution in [0.2, 0.25) is 0 Å². The number of esters is 1. The van der Waals surface area contributed by atoms with Gasteiger partial charge in [0, 0.05) is 0 Å². The van der Waals surface area contributed by atoms with Crippen molar-refractivity contribution in [1.82, 2.24) is 0 Å². The van der Waals surface area contributed by atoms with Gasteiger partial charge in [0.1, 0.15) is 0 Å². The van der Waals surface area contributed by atoms with Crippen molar-refractivity contribution >= 4 is 11.9 Å². The van der Waals surface area contributed by atoms with E-state index in [0.717, 1.165) is 32.1 Å². The summed E-state index contributed by atoms with van der Waals surface area (Å²) < 4.78 is 5.13. The van der Waals surface area contributed by atoms with E-state index < -0.39 is 11.9 Å². The van der Waals surface area contributed by atoms with Gasteiger partial charge in [-0.25, -0.2) is 0 Å². The molecule has 0 saturated carbocycles. The van der Waals surface area contributed by atoms with Crippen LogP contribution in [0.4, 0.5) is 0 Å². The van der Waals surface area contributed by atoms with Gasteiger partial charge in [-0.3, -0.25) is 9.59 Å². The summed E-state index contributed by atoms with van der Waals surface area (Å²) in [5.41, 5.74) is 0. The van der Waals surface area contributed by atoms with Crippen LogP contribution in [0.3, 0.4) is 0 Å². The van der Waals surface area contributed by atoms with Crippen LogP contribution in [0.15, 0.2) is 12.2 Å². The molecule has 0 saturated heterocycles. The number of hydrogen-bond donors (Lipinski definition) is 1. The van der Waals surface area contributed by atoms with Gasteiger partial charge in [-0.05, 0) is 38.5 Å². The normalized spacial score (nSPS) is 12.3. The summed E-state index contributed by atoms with van der Waals surface area (Å²) in [4.78, 5) is 22.9. The van der Waals surface area contributed by atoms with E-state index in [2.05, 4.69) is 19.1 Å². The standard InChI is InChI=1S/C26H48O4/c1-3-5-6-7-8-9-10-11-12-13-14-15-16-17-18-19-20-21-24(23-25(27)28)26(29)30-22-4-2/h13-14,24H,3-12,15-23H2,1-2H3,(H,27,28)/b14-13+. The van der Waals surface area contributed by atoms with Crippen LogP contribution in [-0.4, -0.2) is 23.7 Å². The lowest BCUT2D eigenvalue weighted by Crippen LogP contribution is -2.21. The number of carbonyl (C=O) groups is 2. The topological polar surface area (TPSA) is 63.6 Å². The highest BCUT2D eigenvalue weighted by Crippen LogP contribution is 2.17. The van der Waals surface area contributed by atoms with E-state index in [1.54, 1.807) is 0 Å². The SMILES string of the molecule is CCCCCCCCCC/C=C/CCCCCCCC(CC(=O)O)C(=O)OCCC. The Morgan fingerprint density at radius 3 is 1.73 bits per heavy atom. The fraction of sp³-hybridized carbons (Fsp3) is 0.846. The van der Waals surface area contributed by atoms with Crippen molar-refractivity contribution in [3.8, 4) is 0 Å². The zero-order chi connectivity index (χ0) is 22.3. The number of carboxylic acids is 1. The van der Waals surface area contributed by atoms with Crippen molar-refractivity contribution in [2.45, 2.75) is 129 Å². The minimum Gasteiger partial charge on any atom is -0.481 e. The second-order valence-corrected chi connectivity index (χ2v) is 8.54. The molecule has 0 bridgehead atoms. The summed E-state index contributed by atoms with van der Waals surface area (Å²) in [6, 6.07) is 0. The average Bonchev–Trinajstić information content (AvgIpc) is 2.73. The molecule has 1 unspecified atom stereocenters. The van der Waals surface area contributed by atoms with Gasteiger partial charge in [0.05, 0.1) is 18.9 Å². The molecule has 4 heteroatoms. The Hall–Kier alpha value is -1.32. The lowest BCUT2D eigenvalue weighted by atomic mass is 9.97. The summed E-state index contributed by atoms with van der Waals surface area (Å²) in [5, 5.41) is 8.99. The molecule has 0 fully saturated rings. The highest BCUT2D eigenvalue weighted by Gasteiger charge is 2.22. The van der Waals surface area contributed by atoms with E-state index in [1.165, 1.54) is 70.6 Å². The Bertz CT molecular complexity index is 431. The largest absolute Gasteiger partial charge is 0.481 e. The summed E-state index contributed by atoms with van der Waals surface area (Å²) in [6.45, 7) is 4.58. The van der Waals surface area contributed by atoms with Crippen molar-refractivity contribution in [3.63, 3.8) is 0 Å². The molecule has 0 heterocycles. The Morgan fingerprint density at radius 2 is 1.23 bits per heavy atom. The monoisotopic (exact) mass is 424 g/mol. The van der Waals surface area contributed by atoms with E-state index in [9.17, 15) is 9.59 Å². The van der Waals surface area contributed by atoms with E-state index in [4.69, 9.17) is 9.84 Å². The van der Waals surface area contributed by atoms with Gasteiger partial charge in [-0.1, -0.05) is 96.6 Å². The molecule has 1 N–H and O–H groups in total. The molecule has 30 heavy (non-hydrogen) atoms. The zero-order valence-corrected chi connectivity index (χ0v) is 19.8. The number of aliphatic carboxylic acids is 1. The minimum absolute atomic E-state index is 0.119.